The van der Waals surface area contributed by atoms with E-state index in [0.29, 0.717) is 11.0 Å². The largest absolute Gasteiger partial charge is 0.460 e. The van der Waals surface area contributed by atoms with Crippen molar-refractivity contribution in [3.05, 3.63) is 40.2 Å². The highest BCUT2D eigenvalue weighted by Crippen LogP contribution is 2.19. The Morgan fingerprint density at radius 3 is 2.78 bits per heavy atom. The molecule has 2 rings (SSSR count). The van der Waals surface area contributed by atoms with Crippen molar-refractivity contribution in [1.82, 2.24) is 0 Å². The molecular weight excluding hydrogens is 234 g/mol. The number of ether oxygens (including phenoxy) is 1. The summed E-state index contributed by atoms with van der Waals surface area (Å²) in [5.41, 5.74) is 0.208. The van der Waals surface area contributed by atoms with Crippen LogP contribution in [0.5, 0.6) is 0 Å². The predicted octanol–water partition coefficient (Wildman–Crippen LogP) is 2.01. The monoisotopic (exact) mass is 247 g/mol. The van der Waals surface area contributed by atoms with Crippen molar-refractivity contribution in [2.75, 3.05) is 19.0 Å². The highest BCUT2D eigenvalue weighted by molar-refractivity contribution is 5.95. The molecule has 0 aliphatic rings. The van der Waals surface area contributed by atoms with Crippen molar-refractivity contribution < 1.29 is 13.9 Å². The van der Waals surface area contributed by atoms with E-state index in [1.54, 1.807) is 38.2 Å². The number of anilines is 1. The summed E-state index contributed by atoms with van der Waals surface area (Å²) in [6, 6.07) is 6.76. The molecule has 1 N–H and O–H groups in total. The lowest BCUT2D eigenvalue weighted by Gasteiger charge is -2.08. The Morgan fingerprint density at radius 2 is 2.11 bits per heavy atom. The van der Waals surface area contributed by atoms with Crippen molar-refractivity contribution in [1.29, 1.82) is 0 Å². The first-order chi connectivity index (χ1) is 8.69. The third kappa shape index (κ3) is 1.95. The number of carbonyl (C=O) groups is 1. The fraction of sp³-hybridized carbons (Fsp3) is 0.231. The first kappa shape index (κ1) is 12.2. The first-order valence-corrected chi connectivity index (χ1v) is 5.59. The van der Waals surface area contributed by atoms with E-state index in [-0.39, 0.29) is 23.5 Å². The molecule has 0 aliphatic heterocycles. The van der Waals surface area contributed by atoms with Gasteiger partial charge in [-0.3, -0.25) is 4.79 Å². The average molecular weight is 247 g/mol. The molecule has 0 radical (unpaired) electrons. The number of rotatable bonds is 3. The Balaban J connectivity index is 2.73. The molecule has 1 aromatic heterocycles. The third-order valence-corrected chi connectivity index (χ3v) is 2.51. The molecule has 0 bridgehead atoms. The summed E-state index contributed by atoms with van der Waals surface area (Å²) in [7, 11) is 1.56. The normalized spacial score (nSPS) is 10.3. The molecular formula is C13H13NO4. The molecule has 1 heterocycles. The van der Waals surface area contributed by atoms with Crippen LogP contribution in [0.2, 0.25) is 0 Å². The van der Waals surface area contributed by atoms with Gasteiger partial charge in [-0.2, -0.15) is 0 Å². The minimum absolute atomic E-state index is 0.0944. The van der Waals surface area contributed by atoms with Gasteiger partial charge in [-0.25, -0.2) is 4.79 Å². The highest BCUT2D eigenvalue weighted by atomic mass is 16.5. The topological polar surface area (TPSA) is 68.5 Å². The Labute approximate surface area is 103 Å². The fourth-order valence-electron chi connectivity index (χ4n) is 1.71. The molecule has 0 aliphatic carbocycles. The number of hydrogen-bond acceptors (Lipinski definition) is 5. The van der Waals surface area contributed by atoms with Gasteiger partial charge in [-0.1, -0.05) is 12.1 Å². The zero-order chi connectivity index (χ0) is 13.1. The van der Waals surface area contributed by atoms with E-state index in [1.165, 1.54) is 0 Å². The quantitative estimate of drug-likeness (QED) is 0.840. The molecule has 0 atom stereocenters. The predicted molar refractivity (Wildman–Crippen MR) is 68.0 cm³/mol. The fourth-order valence-corrected chi connectivity index (χ4v) is 1.71. The molecule has 18 heavy (non-hydrogen) atoms. The van der Waals surface area contributed by atoms with Crippen molar-refractivity contribution in [3.63, 3.8) is 0 Å². The summed E-state index contributed by atoms with van der Waals surface area (Å²) in [5, 5.41) is 3.11. The second-order valence-corrected chi connectivity index (χ2v) is 3.60. The first-order valence-electron chi connectivity index (χ1n) is 5.59. The molecule has 0 amide bonds. The molecule has 0 saturated heterocycles. The van der Waals surface area contributed by atoms with E-state index >= 15 is 0 Å². The van der Waals surface area contributed by atoms with Gasteiger partial charge in [0.25, 0.3) is 0 Å². The van der Waals surface area contributed by atoms with Crippen LogP contribution in [0, 0.1) is 0 Å². The zero-order valence-electron chi connectivity index (χ0n) is 10.1. The molecule has 5 heteroatoms. The van der Waals surface area contributed by atoms with E-state index in [2.05, 4.69) is 5.32 Å². The number of para-hydroxylation sites is 1. The van der Waals surface area contributed by atoms with Crippen molar-refractivity contribution in [2.45, 2.75) is 6.92 Å². The molecule has 1 aromatic carbocycles. The average Bonchev–Trinajstić information content (AvgIpc) is 2.39. The third-order valence-electron chi connectivity index (χ3n) is 2.51. The number of hydrogen-bond donors (Lipinski definition) is 1. The Hall–Kier alpha value is -2.30. The number of nitrogens with one attached hydrogen (secondary N) is 1. The maximum Gasteiger partial charge on any atom is 0.376 e. The van der Waals surface area contributed by atoms with Gasteiger partial charge < -0.3 is 14.5 Å². The molecule has 0 spiro atoms. The minimum Gasteiger partial charge on any atom is -0.460 e. The van der Waals surface area contributed by atoms with Crippen LogP contribution in [0.25, 0.3) is 11.0 Å². The lowest BCUT2D eigenvalue weighted by atomic mass is 10.2. The highest BCUT2D eigenvalue weighted by Gasteiger charge is 2.20. The van der Waals surface area contributed by atoms with Gasteiger partial charge in [0.15, 0.2) is 0 Å². The van der Waals surface area contributed by atoms with Crippen LogP contribution >= 0.6 is 0 Å². The van der Waals surface area contributed by atoms with Crippen LogP contribution in [-0.2, 0) is 4.74 Å². The Bertz CT molecular complexity index is 645. The summed E-state index contributed by atoms with van der Waals surface area (Å²) in [6.07, 6.45) is 0. The molecule has 0 unspecified atom stereocenters. The second kappa shape index (κ2) is 4.91. The second-order valence-electron chi connectivity index (χ2n) is 3.60. The summed E-state index contributed by atoms with van der Waals surface area (Å²) in [6.45, 7) is 1.91. The van der Waals surface area contributed by atoms with Gasteiger partial charge in [0, 0.05) is 7.05 Å². The summed E-state index contributed by atoms with van der Waals surface area (Å²) in [4.78, 5) is 23.9. The smallest absolute Gasteiger partial charge is 0.376 e. The van der Waals surface area contributed by atoms with Crippen LogP contribution < -0.4 is 10.7 Å². The summed E-state index contributed by atoms with van der Waals surface area (Å²) >= 11 is 0. The minimum atomic E-state index is -0.648. The van der Waals surface area contributed by atoms with E-state index in [9.17, 15) is 9.59 Å². The van der Waals surface area contributed by atoms with E-state index < -0.39 is 5.97 Å². The number of benzene rings is 1. The van der Waals surface area contributed by atoms with E-state index in [4.69, 9.17) is 9.15 Å². The molecule has 5 nitrogen and oxygen atoms in total. The standard InChI is InChI=1S/C13H13NO4/c1-3-17-13(16)12-10(14-2)11(15)8-6-4-5-7-9(8)18-12/h4-7,14H,3H2,1-2H3. The van der Waals surface area contributed by atoms with Gasteiger partial charge in [0.2, 0.25) is 11.2 Å². The number of fused-ring (bicyclic) bond motifs is 1. The zero-order valence-corrected chi connectivity index (χ0v) is 10.1. The Kier molecular flexibility index (Phi) is 3.32. The van der Waals surface area contributed by atoms with Gasteiger partial charge in [0.05, 0.1) is 12.0 Å². The van der Waals surface area contributed by atoms with Gasteiger partial charge in [-0.15, -0.1) is 0 Å². The molecule has 0 saturated carbocycles. The molecule has 2 aromatic rings. The van der Waals surface area contributed by atoms with E-state index in [1.807, 2.05) is 0 Å². The van der Waals surface area contributed by atoms with Crippen LogP contribution in [0.3, 0.4) is 0 Å². The van der Waals surface area contributed by atoms with Crippen LogP contribution in [0.15, 0.2) is 33.5 Å². The maximum atomic E-state index is 12.2. The summed E-state index contributed by atoms with van der Waals surface area (Å²) in [5.74, 6) is -0.743. The lowest BCUT2D eigenvalue weighted by Crippen LogP contribution is -2.16. The maximum absolute atomic E-state index is 12.2. The van der Waals surface area contributed by atoms with Crippen molar-refractivity contribution >= 4 is 22.6 Å². The van der Waals surface area contributed by atoms with Gasteiger partial charge >= 0.3 is 5.97 Å². The number of esters is 1. The SMILES string of the molecule is CCOC(=O)c1oc2ccccc2c(=O)c1NC. The van der Waals surface area contributed by atoms with Crippen molar-refractivity contribution in [3.8, 4) is 0 Å². The van der Waals surface area contributed by atoms with Crippen molar-refractivity contribution in [2.24, 2.45) is 0 Å². The number of carbonyl (C=O) groups excluding carboxylic acids is 1. The van der Waals surface area contributed by atoms with Crippen LogP contribution in [0.4, 0.5) is 5.69 Å². The molecule has 94 valence electrons. The van der Waals surface area contributed by atoms with Gasteiger partial charge in [-0.05, 0) is 19.1 Å². The van der Waals surface area contributed by atoms with E-state index in [0.717, 1.165) is 0 Å². The van der Waals surface area contributed by atoms with Crippen LogP contribution in [-0.4, -0.2) is 19.6 Å². The van der Waals surface area contributed by atoms with Gasteiger partial charge in [0.1, 0.15) is 11.3 Å². The summed E-state index contributed by atoms with van der Waals surface area (Å²) < 4.78 is 10.3. The Morgan fingerprint density at radius 1 is 1.39 bits per heavy atom. The van der Waals surface area contributed by atoms with Crippen LogP contribution in [0.1, 0.15) is 17.5 Å². The lowest BCUT2D eigenvalue weighted by molar-refractivity contribution is 0.0492. The molecule has 0 fully saturated rings.